The van der Waals surface area contributed by atoms with Gasteiger partial charge < -0.3 is 70.1 Å². The third-order valence-corrected chi connectivity index (χ3v) is 0. The molecule has 1 radical (unpaired) electrons. The van der Waals surface area contributed by atoms with Gasteiger partial charge in [-0.05, 0) is 27.7 Å². The summed E-state index contributed by atoms with van der Waals surface area (Å²) in [5.74, 6) is 0. The summed E-state index contributed by atoms with van der Waals surface area (Å²) in [6, 6.07) is 0. The Morgan fingerprint density at radius 1 is 0.500 bits per heavy atom. The van der Waals surface area contributed by atoms with Crippen LogP contribution < -0.4 is 49.6 Å². The van der Waals surface area contributed by atoms with Crippen molar-refractivity contribution in [3.8, 4) is 0 Å². The summed E-state index contributed by atoms with van der Waals surface area (Å²) in [6.07, 6.45) is 0. The molecular formula is C8H24Cl4O4TiV-2. The Kier molecular flexibility index (Phi) is 645. The van der Waals surface area contributed by atoms with E-state index in [2.05, 4.69) is 0 Å². The van der Waals surface area contributed by atoms with Crippen LogP contribution in [0.5, 0.6) is 0 Å². The third-order valence-electron chi connectivity index (χ3n) is 0. The zero-order chi connectivity index (χ0) is 10.8. The fourth-order valence-electron chi connectivity index (χ4n) is 0. The van der Waals surface area contributed by atoms with Crippen LogP contribution in [0.4, 0.5) is 0 Å². The summed E-state index contributed by atoms with van der Waals surface area (Å²) in [5, 5.41) is 30.3. The van der Waals surface area contributed by atoms with E-state index in [0.717, 1.165) is 0 Å². The fourth-order valence-corrected chi connectivity index (χ4v) is 0. The fraction of sp³-hybridized carbons (Fsp3) is 1.00. The number of hydrogen-bond acceptors (Lipinski definition) is 4. The molecule has 0 fully saturated rings. The molecule has 0 saturated heterocycles. The van der Waals surface area contributed by atoms with Crippen LogP contribution in [0.15, 0.2) is 0 Å². The molecule has 119 valence electrons. The average molecular weight is 425 g/mol. The van der Waals surface area contributed by atoms with Crippen molar-refractivity contribution in [2.24, 2.45) is 0 Å². The van der Waals surface area contributed by atoms with Gasteiger partial charge in [-0.15, -0.1) is 0 Å². The summed E-state index contributed by atoms with van der Waals surface area (Å²) in [5.41, 5.74) is 0. The molecular weight excluding hydrogens is 401 g/mol. The van der Waals surface area contributed by atoms with Gasteiger partial charge in [-0.1, -0.05) is 0 Å². The predicted molar refractivity (Wildman–Crippen MR) is 51.0 cm³/mol. The summed E-state index contributed by atoms with van der Waals surface area (Å²) < 4.78 is 0. The molecule has 18 heavy (non-hydrogen) atoms. The normalized spacial score (nSPS) is 4.00. The molecule has 0 amide bonds. The molecule has 10 heteroatoms. The molecule has 0 spiro atoms. The van der Waals surface area contributed by atoms with Crippen LogP contribution in [0.2, 0.25) is 0 Å². The maximum atomic E-state index is 7.57. The van der Waals surface area contributed by atoms with Crippen molar-refractivity contribution in [2.45, 2.75) is 27.7 Å². The first kappa shape index (κ1) is 71.3. The summed E-state index contributed by atoms with van der Waals surface area (Å²) in [4.78, 5) is 0. The van der Waals surface area contributed by atoms with Gasteiger partial charge in [0.2, 0.25) is 0 Å². The quantitative estimate of drug-likeness (QED) is 0.291. The van der Waals surface area contributed by atoms with Crippen molar-refractivity contribution < 1.29 is 110 Å². The van der Waals surface area contributed by atoms with Crippen LogP contribution in [0.3, 0.4) is 0 Å². The van der Waals surface area contributed by atoms with Crippen molar-refractivity contribution >= 4 is 0 Å². The van der Waals surface area contributed by atoms with Gasteiger partial charge in [-0.25, -0.2) is 0 Å². The van der Waals surface area contributed by atoms with E-state index in [1.165, 1.54) is 0 Å². The van der Waals surface area contributed by atoms with E-state index in [4.69, 9.17) is 20.4 Å². The molecule has 0 aromatic carbocycles. The Bertz CT molecular complexity index is 43.1. The van der Waals surface area contributed by atoms with Crippen LogP contribution in [0, 0.1) is 0 Å². The molecule has 0 unspecified atom stereocenters. The second-order valence-corrected chi connectivity index (χ2v) is 1.26. The largest absolute Gasteiger partial charge is 2.00 e. The minimum atomic E-state index is 0. The monoisotopic (exact) mass is 423 g/mol. The van der Waals surface area contributed by atoms with Gasteiger partial charge in [0.25, 0.3) is 0 Å². The van der Waals surface area contributed by atoms with E-state index in [1.54, 1.807) is 27.7 Å². The molecule has 4 nitrogen and oxygen atoms in total. The van der Waals surface area contributed by atoms with Crippen molar-refractivity contribution in [2.75, 3.05) is 26.4 Å². The molecule has 0 atom stereocenters. The van der Waals surface area contributed by atoms with E-state index in [0.29, 0.717) is 0 Å². The van der Waals surface area contributed by atoms with Crippen LogP contribution in [-0.4, -0.2) is 46.9 Å². The van der Waals surface area contributed by atoms with Crippen molar-refractivity contribution in [1.29, 1.82) is 0 Å². The number of hydrogen-bond donors (Lipinski definition) is 4. The molecule has 0 rings (SSSR count). The minimum Gasteiger partial charge on any atom is -1.00 e. The third kappa shape index (κ3) is 1040. The number of aliphatic hydroxyl groups excluding tert-OH is 4. The molecule has 0 heterocycles. The topological polar surface area (TPSA) is 80.9 Å². The van der Waals surface area contributed by atoms with E-state index >= 15 is 0 Å². The summed E-state index contributed by atoms with van der Waals surface area (Å²) in [6.45, 7) is 7.72. The molecule has 0 aromatic heterocycles. The number of aliphatic hydroxyl groups is 4. The van der Waals surface area contributed by atoms with Gasteiger partial charge in [0.15, 0.2) is 0 Å². The van der Waals surface area contributed by atoms with Crippen LogP contribution >= 0.6 is 0 Å². The average Bonchev–Trinajstić information content (AvgIpc) is 1.92. The molecule has 4 N–H and O–H groups in total. The Labute approximate surface area is 163 Å². The second kappa shape index (κ2) is 163. The molecule has 0 aliphatic carbocycles. The van der Waals surface area contributed by atoms with Gasteiger partial charge >= 0.3 is 21.7 Å². The van der Waals surface area contributed by atoms with Crippen molar-refractivity contribution in [3.63, 3.8) is 0 Å². The zero-order valence-corrected chi connectivity index (χ0v) is 17.1. The minimum absolute atomic E-state index is 0. The SMILES string of the molecule is CCO.CCO.CCO.CCO.[Cl-].[Cl-].[Cl-].[Cl-].[Ti+2].[V]. The van der Waals surface area contributed by atoms with Crippen molar-refractivity contribution in [1.82, 2.24) is 0 Å². The van der Waals surface area contributed by atoms with Gasteiger partial charge in [0.05, 0.1) is 0 Å². The molecule has 0 aliphatic rings. The first-order valence-corrected chi connectivity index (χ1v) is 4.09. The van der Waals surface area contributed by atoms with Crippen LogP contribution in [0.1, 0.15) is 27.7 Å². The standard InChI is InChI=1S/4C2H6O.4ClH.Ti.V/c4*1-2-3;;;;;;/h4*3H,2H2,1H3;4*1H;;/q;;;;;;;;+2;/p-4. The van der Waals surface area contributed by atoms with Gasteiger partial charge in [0.1, 0.15) is 0 Å². The maximum Gasteiger partial charge on any atom is 2.00 e. The number of halogens is 4. The van der Waals surface area contributed by atoms with Crippen LogP contribution in [0.25, 0.3) is 0 Å². The second-order valence-electron chi connectivity index (χ2n) is 1.26. The Morgan fingerprint density at radius 2 is 0.500 bits per heavy atom. The zero-order valence-electron chi connectivity index (χ0n) is 11.1. The smallest absolute Gasteiger partial charge is 1.00 e. The van der Waals surface area contributed by atoms with Gasteiger partial charge in [-0.2, -0.15) is 0 Å². The van der Waals surface area contributed by atoms with E-state index in [9.17, 15) is 0 Å². The predicted octanol–water partition coefficient (Wildman–Crippen LogP) is -12.0. The Hall–Kier alpha value is 2.30. The first-order chi connectivity index (χ1) is 5.66. The Morgan fingerprint density at radius 3 is 0.500 bits per heavy atom. The summed E-state index contributed by atoms with van der Waals surface area (Å²) >= 11 is 0. The van der Waals surface area contributed by atoms with Crippen LogP contribution in [-0.2, 0) is 40.3 Å². The van der Waals surface area contributed by atoms with E-state index in [1.807, 2.05) is 0 Å². The summed E-state index contributed by atoms with van der Waals surface area (Å²) in [7, 11) is 0. The molecule has 0 aliphatic heterocycles. The van der Waals surface area contributed by atoms with E-state index in [-0.39, 0.29) is 116 Å². The first-order valence-electron chi connectivity index (χ1n) is 4.09. The molecule has 0 saturated carbocycles. The Balaban J connectivity index is -0.00000000533. The number of rotatable bonds is 0. The molecule has 0 aromatic rings. The van der Waals surface area contributed by atoms with Crippen molar-refractivity contribution in [3.05, 3.63) is 0 Å². The van der Waals surface area contributed by atoms with Gasteiger partial charge in [0, 0.05) is 45.0 Å². The maximum absolute atomic E-state index is 7.57. The van der Waals surface area contributed by atoms with E-state index < -0.39 is 0 Å². The van der Waals surface area contributed by atoms with Gasteiger partial charge in [-0.3, -0.25) is 0 Å². The molecule has 0 bridgehead atoms.